The van der Waals surface area contributed by atoms with Crippen molar-refractivity contribution in [1.82, 2.24) is 4.98 Å². The summed E-state index contributed by atoms with van der Waals surface area (Å²) in [5, 5.41) is 0.185. The van der Waals surface area contributed by atoms with Gasteiger partial charge in [-0.25, -0.2) is 14.2 Å². The first kappa shape index (κ1) is 13.5. The fourth-order valence-electron chi connectivity index (χ4n) is 1.79. The molecule has 0 N–H and O–H groups in total. The zero-order valence-corrected chi connectivity index (χ0v) is 11.2. The average molecular weight is 280 g/mol. The molecule has 0 unspecified atom stereocenters. The van der Waals surface area contributed by atoms with Crippen molar-refractivity contribution in [3.8, 4) is 11.3 Å². The largest absolute Gasteiger partial charge is 0.465 e. The Hall–Kier alpha value is -1.94. The van der Waals surface area contributed by atoms with Crippen LogP contribution in [0.4, 0.5) is 4.39 Å². The van der Waals surface area contributed by atoms with Crippen molar-refractivity contribution in [2.45, 2.75) is 6.92 Å². The van der Waals surface area contributed by atoms with Crippen molar-refractivity contribution < 1.29 is 13.9 Å². The molecular formula is C14H11ClFNO2. The number of carbonyl (C=O) groups excluding carboxylic acids is 1. The van der Waals surface area contributed by atoms with E-state index in [4.69, 9.17) is 16.3 Å². The molecule has 0 atom stereocenters. The van der Waals surface area contributed by atoms with E-state index in [0.717, 1.165) is 0 Å². The van der Waals surface area contributed by atoms with Crippen molar-refractivity contribution in [3.63, 3.8) is 0 Å². The van der Waals surface area contributed by atoms with E-state index in [0.29, 0.717) is 22.4 Å². The highest BCUT2D eigenvalue weighted by molar-refractivity contribution is 6.30. The predicted molar refractivity (Wildman–Crippen MR) is 70.7 cm³/mol. The molecule has 0 fully saturated rings. The molecule has 2 rings (SSSR count). The third-order valence-electron chi connectivity index (χ3n) is 2.76. The molecule has 0 aliphatic rings. The van der Waals surface area contributed by atoms with E-state index in [1.165, 1.54) is 25.3 Å². The summed E-state index contributed by atoms with van der Waals surface area (Å²) >= 11 is 5.91. The Morgan fingerprint density at radius 2 is 1.95 bits per heavy atom. The van der Waals surface area contributed by atoms with Gasteiger partial charge in [-0.3, -0.25) is 0 Å². The Labute approximate surface area is 115 Å². The van der Waals surface area contributed by atoms with E-state index in [1.54, 1.807) is 19.1 Å². The van der Waals surface area contributed by atoms with Crippen LogP contribution in [0.25, 0.3) is 11.3 Å². The maximum Gasteiger partial charge on any atom is 0.338 e. The minimum Gasteiger partial charge on any atom is -0.465 e. The molecule has 0 saturated carbocycles. The first-order chi connectivity index (χ1) is 9.02. The van der Waals surface area contributed by atoms with Gasteiger partial charge in [0.2, 0.25) is 0 Å². The molecule has 1 heterocycles. The Morgan fingerprint density at radius 1 is 1.32 bits per heavy atom. The molecule has 3 nitrogen and oxygen atoms in total. The number of halogens is 2. The zero-order chi connectivity index (χ0) is 14.0. The summed E-state index contributed by atoms with van der Waals surface area (Å²) in [6.07, 6.45) is 0. The minimum atomic E-state index is -0.481. The molecule has 5 heteroatoms. The van der Waals surface area contributed by atoms with Gasteiger partial charge in [-0.2, -0.15) is 0 Å². The number of aromatic nitrogens is 1. The number of benzene rings is 1. The third-order valence-corrected chi connectivity index (χ3v) is 2.96. The normalized spacial score (nSPS) is 10.3. The average Bonchev–Trinajstić information content (AvgIpc) is 2.41. The van der Waals surface area contributed by atoms with E-state index in [1.807, 2.05) is 0 Å². The summed E-state index contributed by atoms with van der Waals surface area (Å²) in [7, 11) is 1.30. The Kier molecular flexibility index (Phi) is 3.81. The van der Waals surface area contributed by atoms with Crippen LogP contribution in [-0.2, 0) is 4.74 Å². The molecule has 0 saturated heterocycles. The number of hydrogen-bond acceptors (Lipinski definition) is 3. The fourth-order valence-corrected chi connectivity index (χ4v) is 1.98. The summed E-state index contributed by atoms with van der Waals surface area (Å²) in [4.78, 5) is 15.8. The number of rotatable bonds is 2. The molecule has 2 aromatic rings. The number of hydrogen-bond donors (Lipinski definition) is 0. The summed E-state index contributed by atoms with van der Waals surface area (Å²) in [6.45, 7) is 1.74. The highest BCUT2D eigenvalue weighted by atomic mass is 35.5. The van der Waals surface area contributed by atoms with Crippen LogP contribution in [0.1, 0.15) is 15.9 Å². The van der Waals surface area contributed by atoms with Gasteiger partial charge >= 0.3 is 5.97 Å². The van der Waals surface area contributed by atoms with E-state index in [2.05, 4.69) is 4.98 Å². The number of esters is 1. The summed E-state index contributed by atoms with van der Waals surface area (Å²) in [6, 6.07) is 7.28. The lowest BCUT2D eigenvalue weighted by atomic mass is 10.0. The van der Waals surface area contributed by atoms with E-state index in [-0.39, 0.29) is 11.0 Å². The van der Waals surface area contributed by atoms with Gasteiger partial charge in [0.1, 0.15) is 11.0 Å². The topological polar surface area (TPSA) is 39.2 Å². The van der Waals surface area contributed by atoms with Gasteiger partial charge in [0.05, 0.1) is 18.4 Å². The minimum absolute atomic E-state index is 0.185. The second-order valence-corrected chi connectivity index (χ2v) is 4.35. The molecule has 98 valence electrons. The first-order valence-corrected chi connectivity index (χ1v) is 5.92. The first-order valence-electron chi connectivity index (χ1n) is 5.54. The lowest BCUT2D eigenvalue weighted by Crippen LogP contribution is -2.06. The molecule has 0 aliphatic carbocycles. The van der Waals surface area contributed by atoms with Crippen LogP contribution in [-0.4, -0.2) is 18.1 Å². The SMILES string of the molecule is COC(=O)c1cc(Cl)nc(-c2ccc(F)cc2)c1C. The van der Waals surface area contributed by atoms with Crippen LogP contribution in [0.5, 0.6) is 0 Å². The zero-order valence-electron chi connectivity index (χ0n) is 10.4. The second-order valence-electron chi connectivity index (χ2n) is 3.96. The highest BCUT2D eigenvalue weighted by Gasteiger charge is 2.16. The lowest BCUT2D eigenvalue weighted by molar-refractivity contribution is 0.0600. The lowest BCUT2D eigenvalue weighted by Gasteiger charge is -2.10. The van der Waals surface area contributed by atoms with Crippen molar-refractivity contribution in [2.24, 2.45) is 0 Å². The molecule has 0 amide bonds. The molecule has 0 radical (unpaired) electrons. The van der Waals surface area contributed by atoms with Crippen LogP contribution >= 0.6 is 11.6 Å². The quantitative estimate of drug-likeness (QED) is 0.622. The van der Waals surface area contributed by atoms with Gasteiger partial charge in [-0.15, -0.1) is 0 Å². The van der Waals surface area contributed by atoms with Gasteiger partial charge in [0.25, 0.3) is 0 Å². The van der Waals surface area contributed by atoms with Crippen molar-refractivity contribution >= 4 is 17.6 Å². The van der Waals surface area contributed by atoms with Gasteiger partial charge in [-0.1, -0.05) is 11.6 Å². The number of pyridine rings is 1. The summed E-state index contributed by atoms with van der Waals surface area (Å²) < 4.78 is 17.6. The van der Waals surface area contributed by atoms with Crippen LogP contribution in [0.15, 0.2) is 30.3 Å². The molecule has 0 bridgehead atoms. The van der Waals surface area contributed by atoms with Gasteiger partial charge in [0.15, 0.2) is 0 Å². The molecular weight excluding hydrogens is 269 g/mol. The molecule has 1 aromatic heterocycles. The highest BCUT2D eigenvalue weighted by Crippen LogP contribution is 2.26. The summed E-state index contributed by atoms with van der Waals surface area (Å²) in [5.74, 6) is -0.818. The van der Waals surface area contributed by atoms with Gasteiger partial charge in [-0.05, 0) is 42.8 Å². The monoisotopic (exact) mass is 279 g/mol. The fraction of sp³-hybridized carbons (Fsp3) is 0.143. The van der Waals surface area contributed by atoms with E-state index < -0.39 is 5.97 Å². The third kappa shape index (κ3) is 2.74. The van der Waals surface area contributed by atoms with Gasteiger partial charge < -0.3 is 4.74 Å². The number of ether oxygens (including phenoxy) is 1. The second kappa shape index (κ2) is 5.36. The number of methoxy groups -OCH3 is 1. The number of carbonyl (C=O) groups is 1. The Bertz CT molecular complexity index is 626. The maximum atomic E-state index is 12.9. The van der Waals surface area contributed by atoms with Crippen LogP contribution in [0, 0.1) is 12.7 Å². The Morgan fingerprint density at radius 3 is 2.53 bits per heavy atom. The van der Waals surface area contributed by atoms with Crippen LogP contribution in [0.3, 0.4) is 0 Å². The smallest absolute Gasteiger partial charge is 0.338 e. The molecule has 1 aromatic carbocycles. The summed E-state index contributed by atoms with van der Waals surface area (Å²) in [5.41, 5.74) is 2.21. The van der Waals surface area contributed by atoms with Crippen molar-refractivity contribution in [1.29, 1.82) is 0 Å². The van der Waals surface area contributed by atoms with Crippen LogP contribution < -0.4 is 0 Å². The van der Waals surface area contributed by atoms with Crippen molar-refractivity contribution in [2.75, 3.05) is 7.11 Å². The Balaban J connectivity index is 2.60. The number of nitrogens with zero attached hydrogens (tertiary/aromatic N) is 1. The van der Waals surface area contributed by atoms with Gasteiger partial charge in [0, 0.05) is 5.56 Å². The van der Waals surface area contributed by atoms with Crippen molar-refractivity contribution in [3.05, 3.63) is 52.4 Å². The maximum absolute atomic E-state index is 12.9. The van der Waals surface area contributed by atoms with E-state index in [9.17, 15) is 9.18 Å². The molecule has 0 spiro atoms. The predicted octanol–water partition coefficient (Wildman–Crippen LogP) is 3.64. The van der Waals surface area contributed by atoms with Crippen LogP contribution in [0.2, 0.25) is 5.15 Å². The standard InChI is InChI=1S/C14H11ClFNO2/c1-8-11(14(18)19-2)7-12(15)17-13(8)9-3-5-10(16)6-4-9/h3-7H,1-2H3. The molecule has 19 heavy (non-hydrogen) atoms. The van der Waals surface area contributed by atoms with E-state index >= 15 is 0 Å². The molecule has 0 aliphatic heterocycles.